The van der Waals surface area contributed by atoms with Crippen LogP contribution in [0.15, 0.2) is 0 Å². The standard InChI is InChI=1S/C13H22N2O5/c1-8(2)13(11(18)19)3-4-14(7-13)12(20)15-5-9(16)10(17)6-15/h8-10,16-17H,3-7H2,1-2H3,(H,18,19). The van der Waals surface area contributed by atoms with Gasteiger partial charge in [-0.25, -0.2) is 4.79 Å². The van der Waals surface area contributed by atoms with Crippen LogP contribution in [0.1, 0.15) is 20.3 Å². The van der Waals surface area contributed by atoms with Gasteiger partial charge in [0.15, 0.2) is 0 Å². The Morgan fingerprint density at radius 3 is 2.10 bits per heavy atom. The average Bonchev–Trinajstić information content (AvgIpc) is 2.94. The number of nitrogens with zero attached hydrogens (tertiary/aromatic N) is 2. The van der Waals surface area contributed by atoms with Gasteiger partial charge in [-0.1, -0.05) is 13.8 Å². The van der Waals surface area contributed by atoms with E-state index in [0.717, 1.165) is 0 Å². The largest absolute Gasteiger partial charge is 0.481 e. The SMILES string of the molecule is CC(C)C1(C(=O)O)CCN(C(=O)N2CC(O)C(O)C2)C1. The van der Waals surface area contributed by atoms with Crippen LogP contribution >= 0.6 is 0 Å². The zero-order valence-corrected chi connectivity index (χ0v) is 11.8. The van der Waals surface area contributed by atoms with E-state index in [-0.39, 0.29) is 31.6 Å². The Morgan fingerprint density at radius 2 is 1.70 bits per heavy atom. The summed E-state index contributed by atoms with van der Waals surface area (Å²) in [6, 6.07) is -0.302. The molecule has 2 rings (SSSR count). The van der Waals surface area contributed by atoms with Gasteiger partial charge in [0, 0.05) is 13.1 Å². The summed E-state index contributed by atoms with van der Waals surface area (Å²) in [4.78, 5) is 26.7. The van der Waals surface area contributed by atoms with E-state index in [1.807, 2.05) is 13.8 Å². The molecule has 3 unspecified atom stereocenters. The van der Waals surface area contributed by atoms with Crippen LogP contribution in [0.2, 0.25) is 0 Å². The first-order valence-corrected chi connectivity index (χ1v) is 6.91. The molecule has 3 N–H and O–H groups in total. The smallest absolute Gasteiger partial charge is 0.320 e. The molecule has 0 spiro atoms. The van der Waals surface area contributed by atoms with Crippen molar-refractivity contribution in [2.45, 2.75) is 32.5 Å². The Kier molecular flexibility index (Phi) is 3.93. The van der Waals surface area contributed by atoms with E-state index >= 15 is 0 Å². The minimum absolute atomic E-state index is 0.0624. The maximum Gasteiger partial charge on any atom is 0.320 e. The molecular formula is C13H22N2O5. The van der Waals surface area contributed by atoms with Crippen molar-refractivity contribution in [2.24, 2.45) is 11.3 Å². The molecule has 114 valence electrons. The number of urea groups is 1. The second-order valence-corrected chi connectivity index (χ2v) is 6.11. The molecule has 0 radical (unpaired) electrons. The zero-order chi connectivity index (χ0) is 15.1. The first-order chi connectivity index (χ1) is 9.28. The van der Waals surface area contributed by atoms with E-state index < -0.39 is 23.6 Å². The van der Waals surface area contributed by atoms with Crippen molar-refractivity contribution in [3.63, 3.8) is 0 Å². The number of hydrogen-bond donors (Lipinski definition) is 3. The zero-order valence-electron chi connectivity index (χ0n) is 11.8. The second-order valence-electron chi connectivity index (χ2n) is 6.11. The summed E-state index contributed by atoms with van der Waals surface area (Å²) in [5.41, 5.74) is -0.896. The van der Waals surface area contributed by atoms with Crippen LogP contribution in [0.4, 0.5) is 4.79 Å². The fourth-order valence-corrected chi connectivity index (χ4v) is 3.01. The summed E-state index contributed by atoms with van der Waals surface area (Å²) in [7, 11) is 0. The summed E-state index contributed by atoms with van der Waals surface area (Å²) >= 11 is 0. The maximum atomic E-state index is 12.3. The molecule has 0 saturated carbocycles. The number of β-amino-alcohol motifs (C(OH)–C–C–N with tert-alkyl or cyclic N) is 2. The van der Waals surface area contributed by atoms with Crippen molar-refractivity contribution in [2.75, 3.05) is 26.2 Å². The minimum Gasteiger partial charge on any atom is -0.481 e. The Bertz CT molecular complexity index is 404. The van der Waals surface area contributed by atoms with E-state index in [4.69, 9.17) is 0 Å². The van der Waals surface area contributed by atoms with Gasteiger partial charge in [-0.15, -0.1) is 0 Å². The Labute approximate surface area is 117 Å². The molecule has 2 amide bonds. The highest BCUT2D eigenvalue weighted by Crippen LogP contribution is 2.38. The van der Waals surface area contributed by atoms with Crippen LogP contribution in [0.25, 0.3) is 0 Å². The van der Waals surface area contributed by atoms with E-state index in [0.29, 0.717) is 13.0 Å². The van der Waals surface area contributed by atoms with Gasteiger partial charge >= 0.3 is 12.0 Å². The van der Waals surface area contributed by atoms with E-state index in [2.05, 4.69) is 0 Å². The van der Waals surface area contributed by atoms with Gasteiger partial charge in [0.05, 0.1) is 30.7 Å². The number of amides is 2. The molecule has 2 saturated heterocycles. The van der Waals surface area contributed by atoms with Crippen molar-refractivity contribution >= 4 is 12.0 Å². The maximum absolute atomic E-state index is 12.3. The molecule has 0 aliphatic carbocycles. The van der Waals surface area contributed by atoms with E-state index in [1.165, 1.54) is 9.80 Å². The molecule has 0 aromatic rings. The predicted molar refractivity (Wildman–Crippen MR) is 70.1 cm³/mol. The third-order valence-corrected chi connectivity index (χ3v) is 4.63. The lowest BCUT2D eigenvalue weighted by Gasteiger charge is -2.30. The summed E-state index contributed by atoms with van der Waals surface area (Å²) in [6.45, 7) is 4.47. The Balaban J connectivity index is 2.06. The number of carbonyl (C=O) groups excluding carboxylic acids is 1. The molecule has 2 aliphatic rings. The number of carboxylic acid groups (broad SMARTS) is 1. The van der Waals surface area contributed by atoms with Crippen LogP contribution in [-0.2, 0) is 4.79 Å². The molecule has 2 aliphatic heterocycles. The van der Waals surface area contributed by atoms with Crippen molar-refractivity contribution in [3.8, 4) is 0 Å². The quantitative estimate of drug-likeness (QED) is 0.640. The highest BCUT2D eigenvalue weighted by molar-refractivity contribution is 5.80. The summed E-state index contributed by atoms with van der Waals surface area (Å²) < 4.78 is 0. The van der Waals surface area contributed by atoms with Gasteiger partial charge in [0.1, 0.15) is 0 Å². The topological polar surface area (TPSA) is 101 Å². The van der Waals surface area contributed by atoms with Crippen LogP contribution in [-0.4, -0.2) is 75.5 Å². The van der Waals surface area contributed by atoms with Gasteiger partial charge in [-0.3, -0.25) is 4.79 Å². The highest BCUT2D eigenvalue weighted by Gasteiger charge is 2.49. The first kappa shape index (κ1) is 15.1. The first-order valence-electron chi connectivity index (χ1n) is 6.91. The second kappa shape index (κ2) is 5.21. The lowest BCUT2D eigenvalue weighted by Crippen LogP contribution is -2.45. The Hall–Kier alpha value is -1.34. The molecule has 3 atom stereocenters. The number of carbonyl (C=O) groups is 2. The number of rotatable bonds is 2. The molecule has 0 aromatic carbocycles. The van der Waals surface area contributed by atoms with Gasteiger partial charge in [0.25, 0.3) is 0 Å². The van der Waals surface area contributed by atoms with Crippen molar-refractivity contribution in [3.05, 3.63) is 0 Å². The van der Waals surface area contributed by atoms with Crippen molar-refractivity contribution in [1.29, 1.82) is 0 Å². The summed E-state index contributed by atoms with van der Waals surface area (Å²) in [5, 5.41) is 28.4. The van der Waals surface area contributed by atoms with Crippen molar-refractivity contribution in [1.82, 2.24) is 9.80 Å². The fraction of sp³-hybridized carbons (Fsp3) is 0.846. The summed E-state index contributed by atoms with van der Waals surface area (Å²) in [5.74, 6) is -0.933. The predicted octanol–water partition coefficient (Wildman–Crippen LogP) is -0.423. The molecule has 0 aromatic heterocycles. The number of hydrogen-bond acceptors (Lipinski definition) is 4. The Morgan fingerprint density at radius 1 is 1.15 bits per heavy atom. The van der Waals surface area contributed by atoms with Crippen LogP contribution in [0.5, 0.6) is 0 Å². The number of aliphatic hydroxyl groups is 2. The highest BCUT2D eigenvalue weighted by atomic mass is 16.4. The molecule has 7 nitrogen and oxygen atoms in total. The normalized spacial score (nSPS) is 34.0. The van der Waals surface area contributed by atoms with E-state index in [1.54, 1.807) is 0 Å². The summed E-state index contributed by atoms with van der Waals surface area (Å²) in [6.07, 6.45) is -1.41. The van der Waals surface area contributed by atoms with Gasteiger partial charge < -0.3 is 25.1 Å². The van der Waals surface area contributed by atoms with Crippen LogP contribution in [0.3, 0.4) is 0 Å². The number of carboxylic acids is 1. The molecule has 7 heteroatoms. The number of aliphatic hydroxyl groups excluding tert-OH is 2. The molecule has 0 bridgehead atoms. The van der Waals surface area contributed by atoms with Crippen LogP contribution in [0, 0.1) is 11.3 Å². The number of likely N-dealkylation sites (tertiary alicyclic amines) is 2. The number of aliphatic carboxylic acids is 1. The average molecular weight is 286 g/mol. The minimum atomic E-state index is -0.920. The fourth-order valence-electron chi connectivity index (χ4n) is 3.01. The monoisotopic (exact) mass is 286 g/mol. The van der Waals surface area contributed by atoms with Gasteiger partial charge in [-0.2, -0.15) is 0 Å². The lowest BCUT2D eigenvalue weighted by molar-refractivity contribution is -0.150. The third-order valence-electron chi connectivity index (χ3n) is 4.63. The molecule has 20 heavy (non-hydrogen) atoms. The van der Waals surface area contributed by atoms with Crippen LogP contribution < -0.4 is 0 Å². The van der Waals surface area contributed by atoms with E-state index in [9.17, 15) is 24.9 Å². The van der Waals surface area contributed by atoms with Gasteiger partial charge in [-0.05, 0) is 12.3 Å². The van der Waals surface area contributed by atoms with Crippen molar-refractivity contribution < 1.29 is 24.9 Å². The third kappa shape index (κ3) is 2.35. The molecule has 2 fully saturated rings. The molecular weight excluding hydrogens is 264 g/mol. The van der Waals surface area contributed by atoms with Gasteiger partial charge in [0.2, 0.25) is 0 Å². The lowest BCUT2D eigenvalue weighted by atomic mass is 9.76. The molecule has 2 heterocycles.